The molecule has 0 atom stereocenters. The zero-order chi connectivity index (χ0) is 14.7. The van der Waals surface area contributed by atoms with E-state index in [1.807, 2.05) is 0 Å². The normalized spacial score (nSPS) is 12.5. The van der Waals surface area contributed by atoms with Gasteiger partial charge in [0.2, 0.25) is 0 Å². The van der Waals surface area contributed by atoms with Gasteiger partial charge in [-0.05, 0) is 18.2 Å². The highest BCUT2D eigenvalue weighted by atomic mass is 35.7. The third kappa shape index (κ3) is 5.85. The summed E-state index contributed by atoms with van der Waals surface area (Å²) in [5.74, 6) is 0.0245. The third-order valence-electron chi connectivity index (χ3n) is 1.79. The lowest BCUT2D eigenvalue weighted by Crippen LogP contribution is -2.18. The van der Waals surface area contributed by atoms with Crippen molar-refractivity contribution in [2.24, 2.45) is 0 Å². The van der Waals surface area contributed by atoms with Crippen molar-refractivity contribution in [3.8, 4) is 5.75 Å². The average molecular weight is 339 g/mol. The zero-order valence-corrected chi connectivity index (χ0v) is 11.4. The molecule has 19 heavy (non-hydrogen) atoms. The van der Waals surface area contributed by atoms with E-state index in [1.54, 1.807) is 0 Å². The van der Waals surface area contributed by atoms with Crippen LogP contribution in [-0.4, -0.2) is 28.0 Å². The topological polar surface area (TPSA) is 52.6 Å². The van der Waals surface area contributed by atoms with E-state index in [9.17, 15) is 21.6 Å². The van der Waals surface area contributed by atoms with Crippen molar-refractivity contribution in [2.75, 3.05) is 13.2 Å². The van der Waals surface area contributed by atoms with Crippen molar-refractivity contribution in [2.45, 2.75) is 11.3 Å². The van der Waals surface area contributed by atoms with Gasteiger partial charge in [0, 0.05) is 10.7 Å². The number of hydrogen-bond acceptors (Lipinski definition) is 4. The molecule has 0 spiro atoms. The molecule has 0 amide bonds. The van der Waals surface area contributed by atoms with Crippen LogP contribution in [0.1, 0.15) is 0 Å². The van der Waals surface area contributed by atoms with Gasteiger partial charge < -0.3 is 4.74 Å². The predicted octanol–water partition coefficient (Wildman–Crippen LogP) is 3.18. The average Bonchev–Trinajstić information content (AvgIpc) is 2.23. The van der Waals surface area contributed by atoms with Gasteiger partial charge in [-0.25, -0.2) is 8.42 Å². The maximum atomic E-state index is 11.7. The molecule has 108 valence electrons. The van der Waals surface area contributed by atoms with E-state index < -0.39 is 28.6 Å². The SMILES string of the molecule is O=S(=O)(Cl)c1ccc(OCCOC(F)(F)F)c(Cl)c1. The Labute approximate surface area is 116 Å². The van der Waals surface area contributed by atoms with Crippen LogP contribution in [0.2, 0.25) is 5.02 Å². The molecule has 0 saturated carbocycles. The molecule has 0 bridgehead atoms. The fourth-order valence-corrected chi connectivity index (χ4v) is 2.14. The molecule has 1 rings (SSSR count). The van der Waals surface area contributed by atoms with Gasteiger partial charge in [-0.1, -0.05) is 11.6 Å². The van der Waals surface area contributed by atoms with E-state index in [0.717, 1.165) is 12.1 Å². The first-order valence-corrected chi connectivity index (χ1v) is 7.36. The smallest absolute Gasteiger partial charge is 0.490 e. The molecular weight excluding hydrogens is 332 g/mol. The Balaban J connectivity index is 2.61. The summed E-state index contributed by atoms with van der Waals surface area (Å²) in [5, 5.41) is -0.0891. The molecule has 0 radical (unpaired) electrons. The number of ether oxygens (including phenoxy) is 2. The summed E-state index contributed by atoms with van der Waals surface area (Å²) in [6.07, 6.45) is -4.73. The van der Waals surface area contributed by atoms with Crippen molar-refractivity contribution in [1.82, 2.24) is 0 Å². The first-order valence-electron chi connectivity index (χ1n) is 4.67. The summed E-state index contributed by atoms with van der Waals surface area (Å²) in [7, 11) is 1.16. The Morgan fingerprint density at radius 1 is 1.21 bits per heavy atom. The van der Waals surface area contributed by atoms with Crippen LogP contribution in [0.4, 0.5) is 13.2 Å². The quantitative estimate of drug-likeness (QED) is 0.611. The first-order chi connectivity index (χ1) is 8.59. The molecular formula is C9H7Cl2F3O4S. The van der Waals surface area contributed by atoms with Gasteiger partial charge in [-0.15, -0.1) is 13.2 Å². The van der Waals surface area contributed by atoms with Gasteiger partial charge in [0.1, 0.15) is 12.4 Å². The molecule has 1 aromatic rings. The summed E-state index contributed by atoms with van der Waals surface area (Å²) >= 11 is 5.69. The minimum absolute atomic E-state index is 0.0245. The van der Waals surface area contributed by atoms with Crippen molar-refractivity contribution < 1.29 is 31.1 Å². The van der Waals surface area contributed by atoms with Gasteiger partial charge >= 0.3 is 6.36 Å². The highest BCUT2D eigenvalue weighted by molar-refractivity contribution is 8.13. The van der Waals surface area contributed by atoms with Gasteiger partial charge in [-0.2, -0.15) is 0 Å². The van der Waals surface area contributed by atoms with Gasteiger partial charge in [0.15, 0.2) is 0 Å². The molecule has 4 nitrogen and oxygen atoms in total. The second kappa shape index (κ2) is 6.17. The summed E-state index contributed by atoms with van der Waals surface area (Å²) in [6.45, 7) is -1.11. The number of benzene rings is 1. The first kappa shape index (κ1) is 16.4. The van der Waals surface area contributed by atoms with Crippen molar-refractivity contribution in [3.63, 3.8) is 0 Å². The largest absolute Gasteiger partial charge is 0.522 e. The molecule has 0 unspecified atom stereocenters. The molecule has 0 saturated heterocycles. The summed E-state index contributed by atoms with van der Waals surface area (Å²) in [4.78, 5) is -0.238. The number of alkyl halides is 3. The predicted molar refractivity (Wildman–Crippen MR) is 62.0 cm³/mol. The lowest BCUT2D eigenvalue weighted by Gasteiger charge is -2.10. The maximum Gasteiger partial charge on any atom is 0.522 e. The molecule has 10 heteroatoms. The van der Waals surface area contributed by atoms with Gasteiger partial charge in [0.25, 0.3) is 9.05 Å². The van der Waals surface area contributed by atoms with Gasteiger partial charge in [0.05, 0.1) is 16.5 Å². The van der Waals surface area contributed by atoms with Crippen LogP contribution >= 0.6 is 22.3 Å². The van der Waals surface area contributed by atoms with E-state index in [2.05, 4.69) is 4.74 Å². The summed E-state index contributed by atoms with van der Waals surface area (Å²) in [6, 6.07) is 3.34. The number of hydrogen-bond donors (Lipinski definition) is 0. The summed E-state index contributed by atoms with van der Waals surface area (Å²) < 4.78 is 65.3. The van der Waals surface area contributed by atoms with Crippen LogP contribution in [-0.2, 0) is 13.8 Å². The Kier molecular flexibility index (Phi) is 5.31. The second-order valence-electron chi connectivity index (χ2n) is 3.17. The van der Waals surface area contributed by atoms with Crippen LogP contribution in [0.15, 0.2) is 23.1 Å². The van der Waals surface area contributed by atoms with E-state index in [1.165, 1.54) is 6.07 Å². The van der Waals surface area contributed by atoms with Crippen molar-refractivity contribution >= 4 is 31.3 Å². The monoisotopic (exact) mass is 338 g/mol. The number of rotatable bonds is 5. The molecule has 0 aromatic heterocycles. The Hall–Kier alpha value is -0.700. The maximum absolute atomic E-state index is 11.7. The second-order valence-corrected chi connectivity index (χ2v) is 6.15. The Morgan fingerprint density at radius 2 is 1.84 bits per heavy atom. The lowest BCUT2D eigenvalue weighted by atomic mass is 10.3. The van der Waals surface area contributed by atoms with E-state index >= 15 is 0 Å². The molecule has 0 aliphatic heterocycles. The van der Waals surface area contributed by atoms with Crippen LogP contribution in [0.25, 0.3) is 0 Å². The minimum Gasteiger partial charge on any atom is -0.490 e. The Morgan fingerprint density at radius 3 is 2.32 bits per heavy atom. The fraction of sp³-hybridized carbons (Fsp3) is 0.333. The van der Waals surface area contributed by atoms with Crippen LogP contribution in [0.5, 0.6) is 5.75 Å². The third-order valence-corrected chi connectivity index (χ3v) is 3.44. The fourth-order valence-electron chi connectivity index (χ4n) is 1.06. The molecule has 0 N–H and O–H groups in total. The van der Waals surface area contributed by atoms with E-state index in [4.69, 9.17) is 27.0 Å². The van der Waals surface area contributed by atoms with E-state index in [0.29, 0.717) is 0 Å². The van der Waals surface area contributed by atoms with Crippen LogP contribution < -0.4 is 4.74 Å². The van der Waals surface area contributed by atoms with Crippen LogP contribution in [0, 0.1) is 0 Å². The summed E-state index contributed by atoms with van der Waals surface area (Å²) in [5.41, 5.74) is 0. The molecule has 0 aliphatic rings. The zero-order valence-electron chi connectivity index (χ0n) is 9.08. The molecule has 0 aliphatic carbocycles. The Bertz CT molecular complexity index is 545. The molecule has 0 fully saturated rings. The number of halogens is 5. The van der Waals surface area contributed by atoms with Crippen molar-refractivity contribution in [1.29, 1.82) is 0 Å². The van der Waals surface area contributed by atoms with Crippen molar-refractivity contribution in [3.05, 3.63) is 23.2 Å². The molecule has 1 aromatic carbocycles. The lowest BCUT2D eigenvalue weighted by molar-refractivity contribution is -0.325. The minimum atomic E-state index is -4.73. The highest BCUT2D eigenvalue weighted by Gasteiger charge is 2.28. The highest BCUT2D eigenvalue weighted by Crippen LogP contribution is 2.28. The van der Waals surface area contributed by atoms with Gasteiger partial charge in [-0.3, -0.25) is 4.74 Å². The molecule has 0 heterocycles. The standard InChI is InChI=1S/C9H7Cl2F3O4S/c10-7-5-6(19(11,15)16)1-2-8(7)17-3-4-18-9(12,13)14/h1-2,5H,3-4H2. The van der Waals surface area contributed by atoms with E-state index in [-0.39, 0.29) is 15.7 Å². The van der Waals surface area contributed by atoms with Crippen LogP contribution in [0.3, 0.4) is 0 Å².